The molecule has 0 aromatic carbocycles. The summed E-state index contributed by atoms with van der Waals surface area (Å²) in [6.07, 6.45) is 1.70. The van der Waals surface area contributed by atoms with Gasteiger partial charge in [-0.3, -0.25) is 4.40 Å². The van der Waals surface area contributed by atoms with Gasteiger partial charge in [0.2, 0.25) is 0 Å². The molecule has 0 saturated carbocycles. The van der Waals surface area contributed by atoms with Gasteiger partial charge in [0.25, 0.3) is 0 Å². The molecule has 6 heteroatoms. The summed E-state index contributed by atoms with van der Waals surface area (Å²) in [7, 11) is 0. The van der Waals surface area contributed by atoms with Crippen LogP contribution in [0, 0.1) is 6.92 Å². The number of ether oxygens (including phenoxy) is 1. The largest absolute Gasteiger partial charge is 0.372 e. The van der Waals surface area contributed by atoms with Crippen molar-refractivity contribution in [2.24, 2.45) is 5.73 Å². The van der Waals surface area contributed by atoms with Gasteiger partial charge in [0.05, 0.1) is 6.61 Å². The average Bonchev–Trinajstić information content (AvgIpc) is 2.61. The third-order valence-electron chi connectivity index (χ3n) is 2.00. The van der Waals surface area contributed by atoms with Crippen molar-refractivity contribution < 1.29 is 4.74 Å². The van der Waals surface area contributed by atoms with E-state index in [4.69, 9.17) is 10.5 Å². The Kier molecular flexibility index (Phi) is 2.89. The molecule has 0 aliphatic heterocycles. The zero-order chi connectivity index (χ0) is 10.7. The first-order valence-electron chi connectivity index (χ1n) is 4.75. The van der Waals surface area contributed by atoms with Gasteiger partial charge >= 0.3 is 0 Å². The van der Waals surface area contributed by atoms with Gasteiger partial charge in [0.1, 0.15) is 12.9 Å². The van der Waals surface area contributed by atoms with Crippen molar-refractivity contribution in [2.75, 3.05) is 13.2 Å². The molecule has 0 aliphatic carbocycles. The van der Waals surface area contributed by atoms with Gasteiger partial charge in [0, 0.05) is 18.3 Å². The molecule has 80 valence electrons. The van der Waals surface area contributed by atoms with Crippen molar-refractivity contribution in [2.45, 2.75) is 13.5 Å². The molecule has 2 rings (SSSR count). The Morgan fingerprint density at radius 2 is 2.33 bits per heavy atom. The number of aryl methyl sites for hydroxylation is 1. The third-order valence-corrected chi connectivity index (χ3v) is 2.00. The molecule has 0 aliphatic rings. The second-order valence-electron chi connectivity index (χ2n) is 3.22. The lowest BCUT2D eigenvalue weighted by Crippen LogP contribution is -2.09. The van der Waals surface area contributed by atoms with Gasteiger partial charge in [-0.25, -0.2) is 4.98 Å². The standard InChI is InChI=1S/C9H13N5O/c1-7-4-8-12-13-9(5-15-3-2-10)14(8)6-11-7/h4,6H,2-3,5,10H2,1H3. The minimum Gasteiger partial charge on any atom is -0.372 e. The fraction of sp³-hybridized carbons (Fsp3) is 0.444. The van der Waals surface area contributed by atoms with E-state index < -0.39 is 0 Å². The van der Waals surface area contributed by atoms with Crippen LogP contribution in [-0.2, 0) is 11.3 Å². The SMILES string of the molecule is Cc1cc2nnc(COCCN)n2cn1. The molecule has 2 N–H and O–H groups in total. The maximum atomic E-state index is 5.32. The Hall–Kier alpha value is -1.53. The molecule has 0 radical (unpaired) electrons. The zero-order valence-electron chi connectivity index (χ0n) is 8.55. The van der Waals surface area contributed by atoms with Gasteiger partial charge in [-0.15, -0.1) is 10.2 Å². The number of nitrogens with zero attached hydrogens (tertiary/aromatic N) is 4. The Bertz CT molecular complexity index is 453. The smallest absolute Gasteiger partial charge is 0.164 e. The molecule has 15 heavy (non-hydrogen) atoms. The van der Waals surface area contributed by atoms with Crippen molar-refractivity contribution in [3.05, 3.63) is 23.9 Å². The molecular weight excluding hydrogens is 194 g/mol. The quantitative estimate of drug-likeness (QED) is 0.709. The maximum absolute atomic E-state index is 5.32. The molecular formula is C9H13N5O. The van der Waals surface area contributed by atoms with E-state index in [1.807, 2.05) is 17.4 Å². The van der Waals surface area contributed by atoms with E-state index >= 15 is 0 Å². The van der Waals surface area contributed by atoms with E-state index in [0.717, 1.165) is 17.2 Å². The molecule has 0 bridgehead atoms. The van der Waals surface area contributed by atoms with Crippen LogP contribution >= 0.6 is 0 Å². The highest BCUT2D eigenvalue weighted by molar-refractivity contribution is 5.37. The van der Waals surface area contributed by atoms with Crippen LogP contribution in [0.2, 0.25) is 0 Å². The van der Waals surface area contributed by atoms with Crippen LogP contribution in [0.3, 0.4) is 0 Å². The third kappa shape index (κ3) is 2.11. The topological polar surface area (TPSA) is 78.3 Å². The number of hydrogen-bond donors (Lipinski definition) is 1. The molecule has 0 amide bonds. The van der Waals surface area contributed by atoms with Crippen LogP contribution in [0.1, 0.15) is 11.5 Å². The molecule has 2 aromatic rings. The molecule has 2 heterocycles. The average molecular weight is 207 g/mol. The van der Waals surface area contributed by atoms with E-state index in [2.05, 4.69) is 15.2 Å². The summed E-state index contributed by atoms with van der Waals surface area (Å²) in [5.41, 5.74) is 7.03. The van der Waals surface area contributed by atoms with Crippen molar-refractivity contribution in [3.63, 3.8) is 0 Å². The minimum atomic E-state index is 0.406. The van der Waals surface area contributed by atoms with E-state index in [9.17, 15) is 0 Å². The normalized spacial score (nSPS) is 11.1. The molecule has 0 atom stereocenters. The van der Waals surface area contributed by atoms with Crippen molar-refractivity contribution in [1.82, 2.24) is 19.6 Å². The maximum Gasteiger partial charge on any atom is 0.164 e. The van der Waals surface area contributed by atoms with Gasteiger partial charge < -0.3 is 10.5 Å². The summed E-state index contributed by atoms with van der Waals surface area (Å²) >= 11 is 0. The predicted molar refractivity (Wildman–Crippen MR) is 54.2 cm³/mol. The first-order valence-corrected chi connectivity index (χ1v) is 4.75. The molecule has 0 saturated heterocycles. The Balaban J connectivity index is 2.21. The summed E-state index contributed by atoms with van der Waals surface area (Å²) < 4.78 is 7.10. The lowest BCUT2D eigenvalue weighted by molar-refractivity contribution is 0.122. The van der Waals surface area contributed by atoms with Crippen LogP contribution < -0.4 is 5.73 Å². The summed E-state index contributed by atoms with van der Waals surface area (Å²) in [6.45, 7) is 3.35. The molecule has 6 nitrogen and oxygen atoms in total. The van der Waals surface area contributed by atoms with Crippen LogP contribution in [-0.4, -0.2) is 32.7 Å². The summed E-state index contributed by atoms with van der Waals surface area (Å²) in [5, 5.41) is 8.04. The highest BCUT2D eigenvalue weighted by atomic mass is 16.5. The zero-order valence-corrected chi connectivity index (χ0v) is 8.55. The molecule has 2 aromatic heterocycles. The van der Waals surface area contributed by atoms with Crippen LogP contribution in [0.4, 0.5) is 0 Å². The monoisotopic (exact) mass is 207 g/mol. The van der Waals surface area contributed by atoms with Gasteiger partial charge in [-0.1, -0.05) is 0 Å². The van der Waals surface area contributed by atoms with E-state index in [1.165, 1.54) is 0 Å². The van der Waals surface area contributed by atoms with Crippen LogP contribution in [0.5, 0.6) is 0 Å². The van der Waals surface area contributed by atoms with Crippen molar-refractivity contribution >= 4 is 5.65 Å². The fourth-order valence-corrected chi connectivity index (χ4v) is 1.28. The number of hydrogen-bond acceptors (Lipinski definition) is 5. The summed E-state index contributed by atoms with van der Waals surface area (Å²) in [5.74, 6) is 0.742. The molecule has 0 spiro atoms. The van der Waals surface area contributed by atoms with E-state index in [1.54, 1.807) is 6.33 Å². The van der Waals surface area contributed by atoms with Crippen LogP contribution in [0.25, 0.3) is 5.65 Å². The minimum absolute atomic E-state index is 0.406. The van der Waals surface area contributed by atoms with Gasteiger partial charge in [-0.05, 0) is 6.92 Å². The lowest BCUT2D eigenvalue weighted by atomic mass is 10.4. The highest BCUT2D eigenvalue weighted by Crippen LogP contribution is 2.04. The van der Waals surface area contributed by atoms with Gasteiger partial charge in [-0.2, -0.15) is 0 Å². The van der Waals surface area contributed by atoms with Gasteiger partial charge in [0.15, 0.2) is 11.5 Å². The van der Waals surface area contributed by atoms with Crippen LogP contribution in [0.15, 0.2) is 12.4 Å². The Morgan fingerprint density at radius 3 is 3.13 bits per heavy atom. The number of rotatable bonds is 4. The first kappa shape index (κ1) is 10.0. The number of fused-ring (bicyclic) bond motifs is 1. The Labute approximate surface area is 87.1 Å². The first-order chi connectivity index (χ1) is 7.31. The Morgan fingerprint density at radius 1 is 1.47 bits per heavy atom. The second-order valence-corrected chi connectivity index (χ2v) is 3.22. The van der Waals surface area contributed by atoms with Crippen molar-refractivity contribution in [1.29, 1.82) is 0 Å². The molecule has 0 fully saturated rings. The molecule has 0 unspecified atom stereocenters. The predicted octanol–water partition coefficient (Wildman–Crippen LogP) is -0.0920. The van der Waals surface area contributed by atoms with Crippen molar-refractivity contribution in [3.8, 4) is 0 Å². The number of nitrogens with two attached hydrogens (primary N) is 1. The van der Waals surface area contributed by atoms with E-state index in [-0.39, 0.29) is 0 Å². The second kappa shape index (κ2) is 4.33. The summed E-state index contributed by atoms with van der Waals surface area (Å²) in [6, 6.07) is 1.87. The number of aromatic nitrogens is 4. The lowest BCUT2D eigenvalue weighted by Gasteiger charge is -2.00. The fourth-order valence-electron chi connectivity index (χ4n) is 1.28. The highest BCUT2D eigenvalue weighted by Gasteiger charge is 2.05. The van der Waals surface area contributed by atoms with E-state index in [0.29, 0.717) is 19.8 Å². The summed E-state index contributed by atoms with van der Waals surface area (Å²) in [4.78, 5) is 4.17.